The van der Waals surface area contributed by atoms with E-state index in [1.807, 2.05) is 48.3 Å². The SMILES string of the molecule is CC(C)CNC(=O)c1cc([C@@H]2CCN(Cc3ccnn3C)C2)nc2ccccc12. The lowest BCUT2D eigenvalue weighted by Crippen LogP contribution is -2.28. The zero-order valence-electron chi connectivity index (χ0n) is 17.4. The van der Waals surface area contributed by atoms with Crippen molar-refractivity contribution in [3.05, 3.63) is 59.5 Å². The van der Waals surface area contributed by atoms with Gasteiger partial charge in [-0.3, -0.25) is 19.4 Å². The molecule has 2 aromatic heterocycles. The number of carbonyl (C=O) groups is 1. The number of nitrogens with zero attached hydrogens (tertiary/aromatic N) is 4. The van der Waals surface area contributed by atoms with Crippen molar-refractivity contribution >= 4 is 16.8 Å². The van der Waals surface area contributed by atoms with Crippen LogP contribution >= 0.6 is 0 Å². The Morgan fingerprint density at radius 3 is 2.86 bits per heavy atom. The Labute approximate surface area is 171 Å². The number of benzene rings is 1. The molecule has 1 aromatic carbocycles. The molecule has 0 aliphatic carbocycles. The van der Waals surface area contributed by atoms with Gasteiger partial charge in [-0.25, -0.2) is 0 Å². The van der Waals surface area contributed by atoms with Gasteiger partial charge >= 0.3 is 0 Å². The van der Waals surface area contributed by atoms with Crippen LogP contribution in [0.2, 0.25) is 0 Å². The van der Waals surface area contributed by atoms with E-state index in [0.29, 0.717) is 18.4 Å². The van der Waals surface area contributed by atoms with Crippen molar-refractivity contribution in [3.63, 3.8) is 0 Å². The van der Waals surface area contributed by atoms with Gasteiger partial charge in [-0.2, -0.15) is 5.10 Å². The Hall–Kier alpha value is -2.73. The van der Waals surface area contributed by atoms with Gasteiger partial charge in [0.1, 0.15) is 0 Å². The predicted molar refractivity (Wildman–Crippen MR) is 115 cm³/mol. The molecule has 6 heteroatoms. The van der Waals surface area contributed by atoms with Crippen LogP contribution in [0.15, 0.2) is 42.6 Å². The van der Waals surface area contributed by atoms with E-state index in [2.05, 4.69) is 35.2 Å². The van der Waals surface area contributed by atoms with Crippen LogP contribution in [0.4, 0.5) is 0 Å². The Bertz CT molecular complexity index is 1010. The lowest BCUT2D eigenvalue weighted by molar-refractivity contribution is 0.0950. The summed E-state index contributed by atoms with van der Waals surface area (Å²) in [6, 6.07) is 12.0. The Morgan fingerprint density at radius 1 is 1.28 bits per heavy atom. The van der Waals surface area contributed by atoms with Crippen LogP contribution in [-0.4, -0.2) is 45.2 Å². The molecule has 0 spiro atoms. The Morgan fingerprint density at radius 2 is 2.10 bits per heavy atom. The zero-order chi connectivity index (χ0) is 20.4. The fraction of sp³-hybridized carbons (Fsp3) is 0.435. The van der Waals surface area contributed by atoms with Gasteiger partial charge < -0.3 is 5.32 Å². The molecular formula is C23H29N5O. The number of pyridine rings is 1. The molecule has 1 aliphatic heterocycles. The largest absolute Gasteiger partial charge is 0.352 e. The fourth-order valence-corrected chi connectivity index (χ4v) is 3.99. The maximum Gasteiger partial charge on any atom is 0.252 e. The maximum atomic E-state index is 12.9. The van der Waals surface area contributed by atoms with E-state index in [0.717, 1.165) is 48.2 Å². The number of rotatable bonds is 6. The second-order valence-corrected chi connectivity index (χ2v) is 8.38. The summed E-state index contributed by atoms with van der Waals surface area (Å²) < 4.78 is 1.93. The minimum absolute atomic E-state index is 0.0108. The van der Waals surface area contributed by atoms with Crippen LogP contribution in [0.5, 0.6) is 0 Å². The van der Waals surface area contributed by atoms with Gasteiger partial charge in [0, 0.05) is 49.9 Å². The number of carbonyl (C=O) groups excluding carboxylic acids is 1. The van der Waals surface area contributed by atoms with Crippen LogP contribution < -0.4 is 5.32 Å². The van der Waals surface area contributed by atoms with E-state index in [4.69, 9.17) is 4.98 Å². The first kappa shape index (κ1) is 19.6. The molecule has 1 atom stereocenters. The van der Waals surface area contributed by atoms with Gasteiger partial charge in [0.25, 0.3) is 5.91 Å². The van der Waals surface area contributed by atoms with E-state index < -0.39 is 0 Å². The molecule has 3 heterocycles. The molecule has 1 N–H and O–H groups in total. The van der Waals surface area contributed by atoms with Crippen molar-refractivity contribution < 1.29 is 4.79 Å². The third-order valence-corrected chi connectivity index (χ3v) is 5.65. The molecule has 0 radical (unpaired) electrons. The first-order valence-corrected chi connectivity index (χ1v) is 10.4. The van der Waals surface area contributed by atoms with Crippen molar-refractivity contribution in [2.45, 2.75) is 32.7 Å². The molecule has 29 heavy (non-hydrogen) atoms. The molecule has 1 fully saturated rings. The number of hydrogen-bond donors (Lipinski definition) is 1. The number of aryl methyl sites for hydroxylation is 1. The highest BCUT2D eigenvalue weighted by atomic mass is 16.1. The lowest BCUT2D eigenvalue weighted by Gasteiger charge is -2.17. The van der Waals surface area contributed by atoms with Gasteiger partial charge in [-0.1, -0.05) is 32.0 Å². The van der Waals surface area contributed by atoms with Crippen LogP contribution in [0.3, 0.4) is 0 Å². The summed E-state index contributed by atoms with van der Waals surface area (Å²) in [5.74, 6) is 0.745. The second-order valence-electron chi connectivity index (χ2n) is 8.38. The molecule has 0 bridgehead atoms. The maximum absolute atomic E-state index is 12.9. The molecule has 0 saturated carbocycles. The van der Waals surface area contributed by atoms with Crippen LogP contribution in [-0.2, 0) is 13.6 Å². The summed E-state index contributed by atoms with van der Waals surface area (Å²) in [5, 5.41) is 8.25. The first-order chi connectivity index (χ1) is 14.0. The smallest absolute Gasteiger partial charge is 0.252 e. The first-order valence-electron chi connectivity index (χ1n) is 10.4. The minimum atomic E-state index is -0.0108. The van der Waals surface area contributed by atoms with Gasteiger partial charge in [-0.05, 0) is 37.1 Å². The molecule has 6 nitrogen and oxygen atoms in total. The average Bonchev–Trinajstić information content (AvgIpc) is 3.35. The highest BCUT2D eigenvalue weighted by Crippen LogP contribution is 2.30. The third kappa shape index (κ3) is 4.32. The summed E-state index contributed by atoms with van der Waals surface area (Å²) in [5.41, 5.74) is 3.86. The molecule has 0 unspecified atom stereocenters. The van der Waals surface area contributed by atoms with E-state index in [9.17, 15) is 4.79 Å². The highest BCUT2D eigenvalue weighted by molar-refractivity contribution is 6.06. The fourth-order valence-electron chi connectivity index (χ4n) is 3.99. The van der Waals surface area contributed by atoms with Crippen LogP contribution in [0, 0.1) is 5.92 Å². The molecule has 1 amide bonds. The summed E-state index contributed by atoms with van der Waals surface area (Å²) in [6.45, 7) is 7.75. The van der Waals surface area contributed by atoms with Gasteiger partial charge in [0.2, 0.25) is 0 Å². The average molecular weight is 392 g/mol. The van der Waals surface area contributed by atoms with E-state index in [-0.39, 0.29) is 5.91 Å². The van der Waals surface area contributed by atoms with Crippen molar-refractivity contribution in [2.24, 2.45) is 13.0 Å². The third-order valence-electron chi connectivity index (χ3n) is 5.65. The van der Waals surface area contributed by atoms with E-state index in [1.54, 1.807) is 0 Å². The molecule has 1 aliphatic rings. The number of fused-ring (bicyclic) bond motifs is 1. The van der Waals surface area contributed by atoms with Gasteiger partial charge in [-0.15, -0.1) is 0 Å². The second kappa shape index (κ2) is 8.33. The lowest BCUT2D eigenvalue weighted by atomic mass is 9.99. The monoisotopic (exact) mass is 391 g/mol. The van der Waals surface area contributed by atoms with Gasteiger partial charge in [0.05, 0.1) is 16.8 Å². The standard InChI is InChI=1S/C23H29N5O/c1-16(2)13-24-23(29)20-12-22(26-21-7-5-4-6-19(20)21)17-9-11-28(14-17)15-18-8-10-25-27(18)3/h4-8,10,12,16-17H,9,11,13-15H2,1-3H3,(H,24,29)/t17-/m1/s1. The highest BCUT2D eigenvalue weighted by Gasteiger charge is 2.27. The molecule has 1 saturated heterocycles. The topological polar surface area (TPSA) is 63.1 Å². The molecular weight excluding hydrogens is 362 g/mol. The summed E-state index contributed by atoms with van der Waals surface area (Å²) in [7, 11) is 1.98. The molecule has 4 rings (SSSR count). The molecule has 3 aromatic rings. The Balaban J connectivity index is 1.57. The van der Waals surface area contributed by atoms with Crippen LogP contribution in [0.1, 0.15) is 47.9 Å². The number of likely N-dealkylation sites (tertiary alicyclic amines) is 1. The molecule has 152 valence electrons. The van der Waals surface area contributed by atoms with Crippen molar-refractivity contribution in [2.75, 3.05) is 19.6 Å². The normalized spacial score (nSPS) is 17.3. The number of nitrogens with one attached hydrogen (secondary N) is 1. The Kier molecular flexibility index (Phi) is 5.62. The van der Waals surface area contributed by atoms with Crippen molar-refractivity contribution in [1.82, 2.24) is 25.0 Å². The van der Waals surface area contributed by atoms with Crippen molar-refractivity contribution in [1.29, 1.82) is 0 Å². The number of para-hydroxylation sites is 1. The quantitative estimate of drug-likeness (QED) is 0.700. The summed E-state index contributed by atoms with van der Waals surface area (Å²) >= 11 is 0. The summed E-state index contributed by atoms with van der Waals surface area (Å²) in [4.78, 5) is 20.2. The summed E-state index contributed by atoms with van der Waals surface area (Å²) in [6.07, 6.45) is 2.89. The minimum Gasteiger partial charge on any atom is -0.352 e. The van der Waals surface area contributed by atoms with Crippen molar-refractivity contribution in [3.8, 4) is 0 Å². The zero-order valence-corrected chi connectivity index (χ0v) is 17.4. The van der Waals surface area contributed by atoms with E-state index >= 15 is 0 Å². The number of aromatic nitrogens is 3. The number of amides is 1. The predicted octanol–water partition coefficient (Wildman–Crippen LogP) is 3.34. The van der Waals surface area contributed by atoms with Crippen LogP contribution in [0.25, 0.3) is 10.9 Å². The number of hydrogen-bond acceptors (Lipinski definition) is 4. The van der Waals surface area contributed by atoms with E-state index in [1.165, 1.54) is 5.69 Å². The van der Waals surface area contributed by atoms with Gasteiger partial charge in [0.15, 0.2) is 0 Å².